The molecule has 0 heterocycles. The summed E-state index contributed by atoms with van der Waals surface area (Å²) in [5.41, 5.74) is 1.60. The third kappa shape index (κ3) is 5.25. The van der Waals surface area contributed by atoms with Crippen LogP contribution in [-0.2, 0) is 10.0 Å². The van der Waals surface area contributed by atoms with Crippen molar-refractivity contribution in [2.75, 3.05) is 15.4 Å². The van der Waals surface area contributed by atoms with Crippen LogP contribution in [0.5, 0.6) is 0 Å². The van der Waals surface area contributed by atoms with Gasteiger partial charge < -0.3 is 10.6 Å². The lowest BCUT2D eigenvalue weighted by Crippen LogP contribution is -2.19. The minimum absolute atomic E-state index is 0.0981. The number of hydrogen-bond acceptors (Lipinski definition) is 3. The number of benzene rings is 3. The Morgan fingerprint density at radius 2 is 1.41 bits per heavy atom. The van der Waals surface area contributed by atoms with Gasteiger partial charge in [0.25, 0.3) is 10.0 Å². The second kappa shape index (κ2) is 8.15. The van der Waals surface area contributed by atoms with Crippen LogP contribution in [0, 0.1) is 5.82 Å². The molecule has 0 amide bonds. The Kier molecular flexibility index (Phi) is 5.68. The molecule has 0 saturated heterocycles. The van der Waals surface area contributed by atoms with Crippen LogP contribution in [0.2, 0.25) is 0 Å². The normalized spacial score (nSPS) is 10.9. The molecule has 0 unspecified atom stereocenters. The summed E-state index contributed by atoms with van der Waals surface area (Å²) in [6.45, 7) is 0. The molecule has 0 radical (unpaired) electrons. The van der Waals surface area contributed by atoms with Gasteiger partial charge in [0.15, 0.2) is 5.11 Å². The predicted octanol–water partition coefficient (Wildman–Crippen LogP) is 4.44. The number of thiocarbonyl (C=S) groups is 1. The van der Waals surface area contributed by atoms with Crippen LogP contribution < -0.4 is 15.4 Å². The number of anilines is 3. The molecule has 3 rings (SSSR count). The molecule has 0 bridgehead atoms. The Morgan fingerprint density at radius 3 is 2.11 bits per heavy atom. The highest BCUT2D eigenvalue weighted by Crippen LogP contribution is 2.19. The van der Waals surface area contributed by atoms with Gasteiger partial charge in [0, 0.05) is 17.1 Å². The van der Waals surface area contributed by atoms with Crippen molar-refractivity contribution in [2.45, 2.75) is 4.90 Å². The minimum Gasteiger partial charge on any atom is -0.332 e. The molecule has 0 atom stereocenters. The fourth-order valence-electron chi connectivity index (χ4n) is 2.29. The summed E-state index contributed by atoms with van der Waals surface area (Å²) in [6.07, 6.45) is 0. The first-order chi connectivity index (χ1) is 12.9. The maximum Gasteiger partial charge on any atom is 0.261 e. The zero-order chi connectivity index (χ0) is 19.3. The van der Waals surface area contributed by atoms with E-state index >= 15 is 0 Å². The molecule has 3 aromatic carbocycles. The van der Waals surface area contributed by atoms with Crippen molar-refractivity contribution in [2.24, 2.45) is 0 Å². The van der Waals surface area contributed by atoms with E-state index in [0.29, 0.717) is 17.1 Å². The van der Waals surface area contributed by atoms with Crippen molar-refractivity contribution in [3.63, 3.8) is 0 Å². The summed E-state index contributed by atoms with van der Waals surface area (Å²) in [6, 6.07) is 20.6. The maximum absolute atomic E-state index is 12.9. The molecule has 0 aliphatic carbocycles. The Balaban J connectivity index is 1.71. The van der Waals surface area contributed by atoms with Crippen LogP contribution >= 0.6 is 12.2 Å². The first-order valence-corrected chi connectivity index (χ1v) is 9.83. The zero-order valence-corrected chi connectivity index (χ0v) is 15.6. The van der Waals surface area contributed by atoms with Crippen molar-refractivity contribution in [1.29, 1.82) is 0 Å². The van der Waals surface area contributed by atoms with Crippen molar-refractivity contribution in [3.8, 4) is 0 Å². The number of para-hydroxylation sites is 1. The van der Waals surface area contributed by atoms with E-state index in [1.165, 1.54) is 24.3 Å². The fourth-order valence-corrected chi connectivity index (χ4v) is 3.63. The molecule has 0 aromatic heterocycles. The lowest BCUT2D eigenvalue weighted by Gasteiger charge is -2.12. The second-order valence-electron chi connectivity index (χ2n) is 5.59. The quantitative estimate of drug-likeness (QED) is 0.552. The van der Waals surface area contributed by atoms with Gasteiger partial charge in [-0.2, -0.15) is 0 Å². The van der Waals surface area contributed by atoms with Gasteiger partial charge in [-0.1, -0.05) is 24.3 Å². The average Bonchev–Trinajstić information content (AvgIpc) is 2.64. The van der Waals surface area contributed by atoms with Crippen LogP contribution in [0.25, 0.3) is 0 Å². The monoisotopic (exact) mass is 401 g/mol. The molecule has 27 heavy (non-hydrogen) atoms. The van der Waals surface area contributed by atoms with E-state index in [2.05, 4.69) is 15.4 Å². The van der Waals surface area contributed by atoms with E-state index in [1.54, 1.807) is 54.6 Å². The van der Waals surface area contributed by atoms with Gasteiger partial charge in [-0.15, -0.1) is 0 Å². The first kappa shape index (κ1) is 18.8. The highest BCUT2D eigenvalue weighted by molar-refractivity contribution is 7.92. The molecule has 0 saturated carbocycles. The highest BCUT2D eigenvalue weighted by Gasteiger charge is 2.14. The molecule has 8 heteroatoms. The van der Waals surface area contributed by atoms with E-state index in [0.717, 1.165) is 0 Å². The van der Waals surface area contributed by atoms with Crippen LogP contribution in [0.1, 0.15) is 0 Å². The van der Waals surface area contributed by atoms with Crippen molar-refractivity contribution in [3.05, 3.63) is 84.7 Å². The molecule has 138 valence electrons. The lowest BCUT2D eigenvalue weighted by atomic mass is 10.3. The van der Waals surface area contributed by atoms with E-state index in [9.17, 15) is 12.8 Å². The van der Waals surface area contributed by atoms with Crippen LogP contribution in [0.15, 0.2) is 83.8 Å². The van der Waals surface area contributed by atoms with Crippen molar-refractivity contribution >= 4 is 44.4 Å². The maximum atomic E-state index is 12.9. The van der Waals surface area contributed by atoms with Crippen LogP contribution in [0.4, 0.5) is 21.5 Å². The second-order valence-corrected chi connectivity index (χ2v) is 7.68. The molecule has 0 fully saturated rings. The van der Waals surface area contributed by atoms with Gasteiger partial charge in [-0.05, 0) is 66.8 Å². The van der Waals surface area contributed by atoms with E-state index < -0.39 is 10.0 Å². The van der Waals surface area contributed by atoms with Crippen LogP contribution in [-0.4, -0.2) is 13.5 Å². The van der Waals surface area contributed by atoms with Gasteiger partial charge >= 0.3 is 0 Å². The SMILES string of the molecule is O=S(=O)(Nc1ccccc1)c1cccc(NC(=S)Nc2ccc(F)cc2)c1. The standard InChI is InChI=1S/C19H16FN3O2S2/c20-14-9-11-15(12-10-14)21-19(26)22-17-7-4-8-18(13-17)27(24,25)23-16-5-2-1-3-6-16/h1-13,23H,(H2,21,22,26). The molecule has 0 aliphatic heterocycles. The smallest absolute Gasteiger partial charge is 0.261 e. The third-order valence-corrected chi connectivity index (χ3v) is 5.11. The molecule has 3 N–H and O–H groups in total. The number of sulfonamides is 1. The molecular weight excluding hydrogens is 385 g/mol. The first-order valence-electron chi connectivity index (χ1n) is 7.94. The highest BCUT2D eigenvalue weighted by atomic mass is 32.2. The molecular formula is C19H16FN3O2S2. The van der Waals surface area contributed by atoms with E-state index in [-0.39, 0.29) is 15.8 Å². The Labute approximate surface area is 162 Å². The fraction of sp³-hybridized carbons (Fsp3) is 0. The Hall–Kier alpha value is -2.97. The van der Waals surface area contributed by atoms with Crippen LogP contribution in [0.3, 0.4) is 0 Å². The van der Waals surface area contributed by atoms with Crippen molar-refractivity contribution in [1.82, 2.24) is 0 Å². The number of halogens is 1. The summed E-state index contributed by atoms with van der Waals surface area (Å²) in [7, 11) is -3.73. The van der Waals surface area contributed by atoms with Gasteiger partial charge in [-0.25, -0.2) is 12.8 Å². The lowest BCUT2D eigenvalue weighted by molar-refractivity contribution is 0.601. The largest absolute Gasteiger partial charge is 0.332 e. The predicted molar refractivity (Wildman–Crippen MR) is 110 cm³/mol. The summed E-state index contributed by atoms with van der Waals surface area (Å²) >= 11 is 5.21. The number of hydrogen-bond donors (Lipinski definition) is 3. The topological polar surface area (TPSA) is 70.2 Å². The van der Waals surface area contributed by atoms with Crippen molar-refractivity contribution < 1.29 is 12.8 Å². The minimum atomic E-state index is -3.73. The Morgan fingerprint density at radius 1 is 0.778 bits per heavy atom. The summed E-state index contributed by atoms with van der Waals surface area (Å²) in [5, 5.41) is 6.08. The van der Waals surface area contributed by atoms with Gasteiger partial charge in [-0.3, -0.25) is 4.72 Å². The summed E-state index contributed by atoms with van der Waals surface area (Å²) in [5.74, 6) is -0.344. The molecule has 0 aliphatic rings. The summed E-state index contributed by atoms with van der Waals surface area (Å²) < 4.78 is 40.5. The van der Waals surface area contributed by atoms with Gasteiger partial charge in [0.05, 0.1) is 4.90 Å². The van der Waals surface area contributed by atoms with E-state index in [4.69, 9.17) is 12.2 Å². The molecule has 5 nitrogen and oxygen atoms in total. The Bertz CT molecular complexity index is 1040. The number of nitrogens with one attached hydrogen (secondary N) is 3. The molecule has 0 spiro atoms. The van der Waals surface area contributed by atoms with Gasteiger partial charge in [0.2, 0.25) is 0 Å². The summed E-state index contributed by atoms with van der Waals surface area (Å²) in [4.78, 5) is 0.0981. The van der Waals surface area contributed by atoms with Gasteiger partial charge in [0.1, 0.15) is 5.82 Å². The average molecular weight is 401 g/mol. The van der Waals surface area contributed by atoms with E-state index in [1.807, 2.05) is 0 Å². The molecule has 3 aromatic rings. The number of rotatable bonds is 5. The zero-order valence-electron chi connectivity index (χ0n) is 14.0. The third-order valence-electron chi connectivity index (χ3n) is 3.53.